The SMILES string of the molecule is CCOC(=O)C1CCN(c2nc3c(OC)ccc(OC)c3cc2CNCc2cccc(C(F)(F)F)c2)CC1. The van der Waals surface area contributed by atoms with Crippen LogP contribution in [0.4, 0.5) is 19.0 Å². The summed E-state index contributed by atoms with van der Waals surface area (Å²) in [5.74, 6) is 1.66. The van der Waals surface area contributed by atoms with Crippen LogP contribution < -0.4 is 19.7 Å². The average Bonchev–Trinajstić information content (AvgIpc) is 2.92. The monoisotopic (exact) mass is 531 g/mol. The second-order valence-electron chi connectivity index (χ2n) is 9.15. The summed E-state index contributed by atoms with van der Waals surface area (Å²) < 4.78 is 55.7. The van der Waals surface area contributed by atoms with Gasteiger partial charge in [-0.1, -0.05) is 18.2 Å². The van der Waals surface area contributed by atoms with Crippen molar-refractivity contribution < 1.29 is 32.2 Å². The molecule has 1 aromatic heterocycles. The van der Waals surface area contributed by atoms with E-state index in [1.165, 1.54) is 6.07 Å². The minimum absolute atomic E-state index is 0.149. The predicted octanol–water partition coefficient (Wildman–Crippen LogP) is 5.34. The summed E-state index contributed by atoms with van der Waals surface area (Å²) in [5, 5.41) is 4.04. The van der Waals surface area contributed by atoms with Crippen molar-refractivity contribution in [1.82, 2.24) is 10.3 Å². The molecule has 3 aromatic rings. The first-order chi connectivity index (χ1) is 18.2. The van der Waals surface area contributed by atoms with Crippen molar-refractivity contribution in [2.24, 2.45) is 5.92 Å². The molecule has 1 fully saturated rings. The van der Waals surface area contributed by atoms with E-state index < -0.39 is 11.7 Å². The number of hydrogen-bond donors (Lipinski definition) is 1. The number of nitrogens with zero attached hydrogens (tertiary/aromatic N) is 2. The minimum atomic E-state index is -4.39. The Morgan fingerprint density at radius 1 is 1.05 bits per heavy atom. The molecule has 2 aromatic carbocycles. The van der Waals surface area contributed by atoms with Crippen molar-refractivity contribution in [2.75, 3.05) is 38.8 Å². The summed E-state index contributed by atoms with van der Waals surface area (Å²) in [4.78, 5) is 19.3. The van der Waals surface area contributed by atoms with Gasteiger partial charge in [0.15, 0.2) is 0 Å². The summed E-state index contributed by atoms with van der Waals surface area (Å²) in [6.45, 7) is 4.01. The van der Waals surface area contributed by atoms with Crippen molar-refractivity contribution >= 4 is 22.7 Å². The molecule has 0 bridgehead atoms. The Labute approximate surface area is 219 Å². The molecular formula is C28H32F3N3O4. The molecule has 0 amide bonds. The quantitative estimate of drug-likeness (QED) is 0.374. The molecule has 0 atom stereocenters. The lowest BCUT2D eigenvalue weighted by molar-refractivity contribution is -0.148. The zero-order chi connectivity index (χ0) is 27.3. The molecule has 2 heterocycles. The van der Waals surface area contributed by atoms with Crippen LogP contribution in [0.25, 0.3) is 10.9 Å². The summed E-state index contributed by atoms with van der Waals surface area (Å²) in [6, 6.07) is 10.9. The van der Waals surface area contributed by atoms with Crippen LogP contribution in [0.3, 0.4) is 0 Å². The first kappa shape index (κ1) is 27.5. The van der Waals surface area contributed by atoms with Crippen LogP contribution in [0.15, 0.2) is 42.5 Å². The number of pyridine rings is 1. The van der Waals surface area contributed by atoms with Crippen LogP contribution in [0.1, 0.15) is 36.5 Å². The normalized spacial score (nSPS) is 14.5. The fourth-order valence-electron chi connectivity index (χ4n) is 4.77. The van der Waals surface area contributed by atoms with Gasteiger partial charge in [0.25, 0.3) is 0 Å². The van der Waals surface area contributed by atoms with Crippen LogP contribution in [0.5, 0.6) is 11.5 Å². The fourth-order valence-corrected chi connectivity index (χ4v) is 4.77. The molecule has 0 unspecified atom stereocenters. The number of halogens is 3. The van der Waals surface area contributed by atoms with Crippen LogP contribution >= 0.6 is 0 Å². The van der Waals surface area contributed by atoms with E-state index >= 15 is 0 Å². The van der Waals surface area contributed by atoms with Gasteiger partial charge in [-0.2, -0.15) is 13.2 Å². The van der Waals surface area contributed by atoms with Gasteiger partial charge in [-0.25, -0.2) is 4.98 Å². The Hall–Kier alpha value is -3.53. The Kier molecular flexibility index (Phi) is 8.61. The largest absolute Gasteiger partial charge is 0.496 e. The van der Waals surface area contributed by atoms with E-state index in [2.05, 4.69) is 10.2 Å². The van der Waals surface area contributed by atoms with Gasteiger partial charge in [-0.05, 0) is 49.6 Å². The fraction of sp³-hybridized carbons (Fsp3) is 0.429. The number of hydrogen-bond acceptors (Lipinski definition) is 7. The topological polar surface area (TPSA) is 72.9 Å². The van der Waals surface area contributed by atoms with E-state index in [4.69, 9.17) is 19.2 Å². The molecule has 1 N–H and O–H groups in total. The van der Waals surface area contributed by atoms with E-state index in [-0.39, 0.29) is 18.4 Å². The summed E-state index contributed by atoms with van der Waals surface area (Å²) in [5.41, 5.74) is 1.37. The van der Waals surface area contributed by atoms with Crippen LogP contribution in [0.2, 0.25) is 0 Å². The van der Waals surface area contributed by atoms with Crippen molar-refractivity contribution in [3.05, 3.63) is 59.2 Å². The number of methoxy groups -OCH3 is 2. The maximum Gasteiger partial charge on any atom is 0.416 e. The van der Waals surface area contributed by atoms with Gasteiger partial charge < -0.3 is 24.4 Å². The van der Waals surface area contributed by atoms with E-state index in [0.29, 0.717) is 61.7 Å². The van der Waals surface area contributed by atoms with Crippen LogP contribution in [0, 0.1) is 5.92 Å². The van der Waals surface area contributed by atoms with E-state index in [0.717, 1.165) is 28.9 Å². The Morgan fingerprint density at radius 3 is 2.42 bits per heavy atom. The zero-order valence-corrected chi connectivity index (χ0v) is 21.7. The van der Waals surface area contributed by atoms with Crippen molar-refractivity contribution in [3.8, 4) is 11.5 Å². The Balaban J connectivity index is 1.62. The number of piperidine rings is 1. The number of aromatic nitrogens is 1. The summed E-state index contributed by atoms with van der Waals surface area (Å²) in [6.07, 6.45) is -3.10. The van der Waals surface area contributed by atoms with Gasteiger partial charge in [0, 0.05) is 37.1 Å². The lowest BCUT2D eigenvalue weighted by atomic mass is 9.96. The van der Waals surface area contributed by atoms with E-state index in [1.54, 1.807) is 33.3 Å². The smallest absolute Gasteiger partial charge is 0.416 e. The number of ether oxygens (including phenoxy) is 3. The molecule has 4 rings (SSSR count). The molecule has 0 saturated carbocycles. The van der Waals surface area contributed by atoms with Crippen LogP contribution in [-0.2, 0) is 28.8 Å². The van der Waals surface area contributed by atoms with Gasteiger partial charge in [-0.3, -0.25) is 4.79 Å². The Bertz CT molecular complexity index is 1270. The lowest BCUT2D eigenvalue weighted by Gasteiger charge is -2.33. The number of fused-ring (bicyclic) bond motifs is 1. The third-order valence-corrected chi connectivity index (χ3v) is 6.72. The van der Waals surface area contributed by atoms with Crippen LogP contribution in [-0.4, -0.2) is 44.9 Å². The number of benzene rings is 2. The van der Waals surface area contributed by atoms with Gasteiger partial charge in [0.05, 0.1) is 32.3 Å². The van der Waals surface area contributed by atoms with Gasteiger partial charge in [-0.15, -0.1) is 0 Å². The van der Waals surface area contributed by atoms with Crippen molar-refractivity contribution in [2.45, 2.75) is 39.0 Å². The molecule has 1 aliphatic rings. The zero-order valence-electron chi connectivity index (χ0n) is 21.7. The van der Waals surface area contributed by atoms with E-state index in [1.807, 2.05) is 12.1 Å². The number of carbonyl (C=O) groups is 1. The number of nitrogens with one attached hydrogen (secondary N) is 1. The first-order valence-corrected chi connectivity index (χ1v) is 12.6. The highest BCUT2D eigenvalue weighted by atomic mass is 19.4. The number of esters is 1. The molecule has 1 aliphatic heterocycles. The van der Waals surface area contributed by atoms with Crippen molar-refractivity contribution in [3.63, 3.8) is 0 Å². The minimum Gasteiger partial charge on any atom is -0.496 e. The van der Waals surface area contributed by atoms with Gasteiger partial charge in [0.1, 0.15) is 22.8 Å². The maximum absolute atomic E-state index is 13.1. The molecule has 10 heteroatoms. The number of alkyl halides is 3. The summed E-state index contributed by atoms with van der Waals surface area (Å²) in [7, 11) is 3.17. The first-order valence-electron chi connectivity index (χ1n) is 12.6. The van der Waals surface area contributed by atoms with E-state index in [9.17, 15) is 18.0 Å². The van der Waals surface area contributed by atoms with Gasteiger partial charge in [0.2, 0.25) is 0 Å². The highest BCUT2D eigenvalue weighted by Crippen LogP contribution is 2.36. The highest BCUT2D eigenvalue weighted by molar-refractivity contribution is 5.92. The molecule has 0 radical (unpaired) electrons. The van der Waals surface area contributed by atoms with Crippen molar-refractivity contribution in [1.29, 1.82) is 0 Å². The Morgan fingerprint density at radius 2 is 1.76 bits per heavy atom. The molecular weight excluding hydrogens is 499 g/mol. The number of rotatable bonds is 9. The van der Waals surface area contributed by atoms with Gasteiger partial charge >= 0.3 is 12.1 Å². The third kappa shape index (κ3) is 6.12. The number of anilines is 1. The third-order valence-electron chi connectivity index (χ3n) is 6.72. The second kappa shape index (κ2) is 11.9. The molecule has 7 nitrogen and oxygen atoms in total. The lowest BCUT2D eigenvalue weighted by Crippen LogP contribution is -2.38. The maximum atomic E-state index is 13.1. The average molecular weight is 532 g/mol. The molecule has 204 valence electrons. The number of carbonyl (C=O) groups excluding carboxylic acids is 1. The summed E-state index contributed by atoms with van der Waals surface area (Å²) >= 11 is 0. The predicted molar refractivity (Wildman–Crippen MR) is 138 cm³/mol. The molecule has 1 saturated heterocycles. The highest BCUT2D eigenvalue weighted by Gasteiger charge is 2.30. The molecule has 38 heavy (non-hydrogen) atoms. The molecule has 0 aliphatic carbocycles. The standard InChI is InChI=1S/C28H32F3N3O4/c1-4-38-27(35)19-10-12-34(13-11-19)26-20(15-22-23(36-2)8-9-24(37-3)25(22)33-26)17-32-16-18-6-5-7-21(14-18)28(29,30)31/h5-9,14-15,19,32H,4,10-13,16-17H2,1-3H3. The molecule has 0 spiro atoms. The second-order valence-corrected chi connectivity index (χ2v) is 9.15.